The summed E-state index contributed by atoms with van der Waals surface area (Å²) < 4.78 is 0. The minimum atomic E-state index is -0.937. The number of fused-ring (bicyclic) bond motifs is 1. The van der Waals surface area contributed by atoms with Gasteiger partial charge in [0, 0.05) is 6.42 Å². The molecule has 5 nitrogen and oxygen atoms in total. The van der Waals surface area contributed by atoms with Crippen LogP contribution >= 0.6 is 0 Å². The minimum Gasteiger partial charge on any atom is -0.481 e. The van der Waals surface area contributed by atoms with Crippen LogP contribution in [0.15, 0.2) is 24.3 Å². The van der Waals surface area contributed by atoms with Gasteiger partial charge in [-0.1, -0.05) is 38.1 Å². The number of benzene rings is 1. The van der Waals surface area contributed by atoms with Crippen LogP contribution in [0.1, 0.15) is 31.0 Å². The second kappa shape index (κ2) is 4.56. The summed E-state index contributed by atoms with van der Waals surface area (Å²) >= 11 is 0. The highest BCUT2D eigenvalue weighted by Gasteiger charge is 2.66. The van der Waals surface area contributed by atoms with Crippen molar-refractivity contribution in [1.82, 2.24) is 5.32 Å². The highest BCUT2D eigenvalue weighted by molar-refractivity contribution is 5.92. The first kappa shape index (κ1) is 14.1. The quantitative estimate of drug-likeness (QED) is 0.778. The van der Waals surface area contributed by atoms with Gasteiger partial charge in [0.25, 0.3) is 0 Å². The number of carbonyl (C=O) groups is 2. The average Bonchev–Trinajstić information content (AvgIpc) is 2.86. The van der Waals surface area contributed by atoms with Crippen molar-refractivity contribution in [3.8, 4) is 0 Å². The van der Waals surface area contributed by atoms with E-state index in [4.69, 9.17) is 5.11 Å². The summed E-state index contributed by atoms with van der Waals surface area (Å²) in [5.41, 5.74) is 1.42. The van der Waals surface area contributed by atoms with Crippen LogP contribution in [-0.2, 0) is 16.0 Å². The molecule has 3 N–H and O–H groups in total. The minimum absolute atomic E-state index is 0.284. The van der Waals surface area contributed by atoms with Crippen molar-refractivity contribution in [3.63, 3.8) is 0 Å². The van der Waals surface area contributed by atoms with E-state index in [0.717, 1.165) is 11.1 Å². The fourth-order valence-corrected chi connectivity index (χ4v) is 3.58. The lowest BCUT2D eigenvalue weighted by Gasteiger charge is -2.18. The second-order valence-electron chi connectivity index (χ2n) is 6.57. The van der Waals surface area contributed by atoms with Gasteiger partial charge < -0.3 is 15.5 Å². The smallest absolute Gasteiger partial charge is 0.307 e. The third-order valence-electron chi connectivity index (χ3n) is 4.88. The maximum absolute atomic E-state index is 12.4. The van der Waals surface area contributed by atoms with Crippen LogP contribution in [0.2, 0.25) is 0 Å². The van der Waals surface area contributed by atoms with Crippen molar-refractivity contribution in [2.24, 2.45) is 17.3 Å². The number of amides is 1. The van der Waals surface area contributed by atoms with E-state index in [1.54, 1.807) is 13.8 Å². The summed E-state index contributed by atoms with van der Waals surface area (Å²) in [6, 6.07) is 7.16. The Kier molecular flexibility index (Phi) is 3.06. The molecule has 0 aromatic heterocycles. The van der Waals surface area contributed by atoms with Crippen LogP contribution in [0, 0.1) is 17.3 Å². The van der Waals surface area contributed by atoms with E-state index in [1.165, 1.54) is 0 Å². The molecule has 2 aliphatic carbocycles. The molecule has 0 bridgehead atoms. The summed E-state index contributed by atoms with van der Waals surface area (Å²) in [4.78, 5) is 23.5. The zero-order chi connectivity index (χ0) is 15.4. The van der Waals surface area contributed by atoms with Crippen LogP contribution in [0.4, 0.5) is 0 Å². The number of carbonyl (C=O) groups excluding carboxylic acids is 1. The van der Waals surface area contributed by atoms with Crippen LogP contribution in [0.3, 0.4) is 0 Å². The molecule has 0 radical (unpaired) electrons. The Labute approximate surface area is 123 Å². The van der Waals surface area contributed by atoms with Crippen molar-refractivity contribution in [2.45, 2.75) is 32.4 Å². The SMILES string of the molecule is CC1(C)[C@H](C(=O)O)[C@@H]1C(=O)N[C@H]1c2ccccc2C[C@H]1O. The molecule has 2 aliphatic rings. The van der Waals surface area contributed by atoms with Crippen LogP contribution < -0.4 is 5.32 Å². The van der Waals surface area contributed by atoms with Crippen LogP contribution in [0.25, 0.3) is 0 Å². The third kappa shape index (κ3) is 2.12. The number of carboxylic acids is 1. The molecule has 1 amide bonds. The molecule has 5 heteroatoms. The van der Waals surface area contributed by atoms with Crippen molar-refractivity contribution < 1.29 is 19.8 Å². The molecular formula is C16H19NO4. The molecular weight excluding hydrogens is 270 g/mol. The zero-order valence-electron chi connectivity index (χ0n) is 12.0. The number of aliphatic hydroxyl groups is 1. The van der Waals surface area contributed by atoms with E-state index in [1.807, 2.05) is 24.3 Å². The van der Waals surface area contributed by atoms with E-state index in [2.05, 4.69) is 5.32 Å². The molecule has 3 rings (SSSR count). The molecule has 0 heterocycles. The molecule has 1 fully saturated rings. The molecule has 4 atom stereocenters. The normalized spacial score (nSPS) is 32.3. The number of nitrogens with one attached hydrogen (secondary N) is 1. The molecule has 21 heavy (non-hydrogen) atoms. The summed E-state index contributed by atoms with van der Waals surface area (Å²) in [5.74, 6) is -2.40. The summed E-state index contributed by atoms with van der Waals surface area (Å²) in [6.45, 7) is 3.57. The Bertz CT molecular complexity index is 610. The lowest BCUT2D eigenvalue weighted by atomic mass is 10.1. The molecule has 0 spiro atoms. The van der Waals surface area contributed by atoms with Gasteiger partial charge in [-0.05, 0) is 16.5 Å². The van der Waals surface area contributed by atoms with E-state index in [-0.39, 0.29) is 5.91 Å². The molecule has 0 aliphatic heterocycles. The molecule has 112 valence electrons. The highest BCUT2D eigenvalue weighted by atomic mass is 16.4. The Morgan fingerprint density at radius 3 is 2.52 bits per heavy atom. The third-order valence-corrected chi connectivity index (χ3v) is 4.88. The van der Waals surface area contributed by atoms with Crippen molar-refractivity contribution in [1.29, 1.82) is 0 Å². The number of hydrogen-bond donors (Lipinski definition) is 3. The fraction of sp³-hybridized carbons (Fsp3) is 0.500. The zero-order valence-corrected chi connectivity index (χ0v) is 12.0. The monoisotopic (exact) mass is 289 g/mol. The van der Waals surface area contributed by atoms with Gasteiger partial charge in [0.05, 0.1) is 24.0 Å². The van der Waals surface area contributed by atoms with Gasteiger partial charge in [0.1, 0.15) is 0 Å². The number of hydrogen-bond acceptors (Lipinski definition) is 3. The van der Waals surface area contributed by atoms with Gasteiger partial charge in [-0.25, -0.2) is 0 Å². The van der Waals surface area contributed by atoms with Gasteiger partial charge in [-0.15, -0.1) is 0 Å². The van der Waals surface area contributed by atoms with Gasteiger partial charge in [0.15, 0.2) is 0 Å². The van der Waals surface area contributed by atoms with Crippen molar-refractivity contribution in [3.05, 3.63) is 35.4 Å². The molecule has 1 aromatic carbocycles. The van der Waals surface area contributed by atoms with Gasteiger partial charge >= 0.3 is 5.97 Å². The summed E-state index contributed by atoms with van der Waals surface area (Å²) in [7, 11) is 0. The maximum Gasteiger partial charge on any atom is 0.307 e. The standard InChI is InChI=1S/C16H19NO4/c1-16(2)11(12(16)15(20)21)14(19)17-13-9-6-4-3-5-8(9)7-10(13)18/h3-6,10-13,18H,7H2,1-2H3,(H,17,19)(H,20,21)/t10-,11-,12+,13+/m1/s1. The number of carboxylic acid groups (broad SMARTS) is 1. The Hall–Kier alpha value is -1.88. The first-order valence-corrected chi connectivity index (χ1v) is 7.13. The molecule has 1 saturated carbocycles. The van der Waals surface area contributed by atoms with Crippen LogP contribution in [-0.4, -0.2) is 28.2 Å². The molecule has 1 aromatic rings. The largest absolute Gasteiger partial charge is 0.481 e. The summed E-state index contributed by atoms with van der Waals surface area (Å²) in [6.07, 6.45) is -0.145. The maximum atomic E-state index is 12.4. The van der Waals surface area contributed by atoms with Gasteiger partial charge in [-0.3, -0.25) is 9.59 Å². The predicted molar refractivity (Wildman–Crippen MR) is 75.4 cm³/mol. The lowest BCUT2D eigenvalue weighted by molar-refractivity contribution is -0.140. The molecule has 0 saturated heterocycles. The first-order chi connectivity index (χ1) is 9.84. The molecule has 0 unspecified atom stereocenters. The van der Waals surface area contributed by atoms with E-state index < -0.39 is 35.4 Å². The Morgan fingerprint density at radius 2 is 1.90 bits per heavy atom. The number of rotatable bonds is 3. The second-order valence-corrected chi connectivity index (χ2v) is 6.57. The van der Waals surface area contributed by atoms with E-state index >= 15 is 0 Å². The Morgan fingerprint density at radius 1 is 1.24 bits per heavy atom. The number of aliphatic carboxylic acids is 1. The highest BCUT2D eigenvalue weighted by Crippen LogP contribution is 2.58. The Balaban J connectivity index is 1.76. The van der Waals surface area contributed by atoms with Crippen molar-refractivity contribution >= 4 is 11.9 Å². The van der Waals surface area contributed by atoms with E-state index in [9.17, 15) is 14.7 Å². The van der Waals surface area contributed by atoms with Crippen LogP contribution in [0.5, 0.6) is 0 Å². The summed E-state index contributed by atoms with van der Waals surface area (Å²) in [5, 5.41) is 22.1. The first-order valence-electron chi connectivity index (χ1n) is 7.13. The average molecular weight is 289 g/mol. The number of aliphatic hydroxyl groups excluding tert-OH is 1. The topological polar surface area (TPSA) is 86.6 Å². The lowest BCUT2D eigenvalue weighted by Crippen LogP contribution is -2.36. The fourth-order valence-electron chi connectivity index (χ4n) is 3.58. The predicted octanol–water partition coefficient (Wildman–Crippen LogP) is 1.12. The van der Waals surface area contributed by atoms with Crippen molar-refractivity contribution in [2.75, 3.05) is 0 Å². The van der Waals surface area contributed by atoms with Gasteiger partial charge in [-0.2, -0.15) is 0 Å². The van der Waals surface area contributed by atoms with Gasteiger partial charge in [0.2, 0.25) is 5.91 Å². The van der Waals surface area contributed by atoms with E-state index in [0.29, 0.717) is 6.42 Å².